The van der Waals surface area contributed by atoms with Gasteiger partial charge in [0.15, 0.2) is 0 Å². The lowest BCUT2D eigenvalue weighted by Gasteiger charge is -2.58. The van der Waals surface area contributed by atoms with Gasteiger partial charge in [0.2, 0.25) is 5.79 Å². The smallest absolute Gasteiger partial charge is 0.231 e. The third-order valence-corrected chi connectivity index (χ3v) is 12.2. The van der Waals surface area contributed by atoms with Crippen molar-refractivity contribution in [3.05, 3.63) is 126 Å². The Hall–Kier alpha value is -4.08. The van der Waals surface area contributed by atoms with Gasteiger partial charge in [-0.05, 0) is 89.8 Å². The van der Waals surface area contributed by atoms with Crippen molar-refractivity contribution in [1.82, 2.24) is 0 Å². The van der Waals surface area contributed by atoms with E-state index in [-0.39, 0.29) is 47.9 Å². The molecule has 1 aliphatic heterocycles. The van der Waals surface area contributed by atoms with Gasteiger partial charge in [0.25, 0.3) is 0 Å². The zero-order valence-electron chi connectivity index (χ0n) is 29.6. The SMILES string of the molecule is C=CCOC12Oc3ccc(O)cc3C3C(CCCCO)C(CCCCO)C=C(C(=NOCc4ccccc4)CC1Sc1ccc4ccccc4c1)C32. The Morgan fingerprint density at radius 2 is 1.65 bits per heavy atom. The minimum Gasteiger partial charge on any atom is -0.508 e. The molecule has 6 unspecified atom stereocenters. The summed E-state index contributed by atoms with van der Waals surface area (Å²) in [5.74, 6) is -0.160. The molecule has 0 bridgehead atoms. The predicted molar refractivity (Wildman–Crippen MR) is 208 cm³/mol. The summed E-state index contributed by atoms with van der Waals surface area (Å²) in [7, 11) is 0. The van der Waals surface area contributed by atoms with Gasteiger partial charge in [0.05, 0.1) is 23.5 Å². The number of thioether (sulfide) groups is 1. The lowest BCUT2D eigenvalue weighted by atomic mass is 9.56. The molecular weight excluding hydrogens is 671 g/mol. The molecule has 0 saturated heterocycles. The maximum atomic E-state index is 10.9. The van der Waals surface area contributed by atoms with Gasteiger partial charge in [0.1, 0.15) is 18.1 Å². The molecule has 1 fully saturated rings. The number of ether oxygens (including phenoxy) is 2. The van der Waals surface area contributed by atoms with Crippen LogP contribution in [0.4, 0.5) is 0 Å². The molecule has 4 aromatic rings. The van der Waals surface area contributed by atoms with Gasteiger partial charge in [0, 0.05) is 36.0 Å². The van der Waals surface area contributed by atoms with Crippen LogP contribution in [-0.4, -0.2) is 51.9 Å². The molecule has 4 aromatic carbocycles. The van der Waals surface area contributed by atoms with E-state index in [0.717, 1.165) is 71.6 Å². The second-order valence-corrected chi connectivity index (χ2v) is 15.4. The van der Waals surface area contributed by atoms with E-state index in [2.05, 4.69) is 55.1 Å². The molecule has 52 heavy (non-hydrogen) atoms. The Bertz CT molecular complexity index is 1890. The van der Waals surface area contributed by atoms with Crippen molar-refractivity contribution in [2.75, 3.05) is 19.8 Å². The quantitative estimate of drug-likeness (QED) is 0.0603. The third-order valence-electron chi connectivity index (χ3n) is 10.9. The van der Waals surface area contributed by atoms with Gasteiger partial charge < -0.3 is 29.6 Å². The van der Waals surface area contributed by atoms with Crippen LogP contribution >= 0.6 is 11.8 Å². The molecule has 3 N–H and O–H groups in total. The fourth-order valence-corrected chi connectivity index (χ4v) is 9.94. The normalized spacial score (nSPS) is 25.5. The maximum absolute atomic E-state index is 10.9. The zero-order chi connectivity index (χ0) is 35.9. The first-order valence-corrected chi connectivity index (χ1v) is 19.5. The number of aliphatic hydroxyl groups is 2. The Balaban J connectivity index is 1.39. The van der Waals surface area contributed by atoms with Crippen molar-refractivity contribution in [2.45, 2.75) is 73.4 Å². The zero-order valence-corrected chi connectivity index (χ0v) is 30.4. The molecule has 7 rings (SSSR count). The van der Waals surface area contributed by atoms with E-state index < -0.39 is 5.79 Å². The highest BCUT2D eigenvalue weighted by atomic mass is 32.2. The number of aliphatic hydroxyl groups excluding tert-OH is 2. The molecular formula is C44H49NO6S. The van der Waals surface area contributed by atoms with E-state index in [1.165, 1.54) is 10.8 Å². The number of phenols is 1. The van der Waals surface area contributed by atoms with Crippen LogP contribution in [0, 0.1) is 17.8 Å². The van der Waals surface area contributed by atoms with Crippen molar-refractivity contribution >= 4 is 28.2 Å². The van der Waals surface area contributed by atoms with E-state index in [4.69, 9.17) is 19.5 Å². The van der Waals surface area contributed by atoms with Crippen LogP contribution in [-0.2, 0) is 16.2 Å². The fourth-order valence-electron chi connectivity index (χ4n) is 8.60. The fraction of sp³-hybridized carbons (Fsp3) is 0.386. The van der Waals surface area contributed by atoms with Gasteiger partial charge in [-0.25, -0.2) is 0 Å². The Morgan fingerprint density at radius 1 is 0.885 bits per heavy atom. The molecule has 272 valence electrons. The molecule has 0 radical (unpaired) electrons. The highest BCUT2D eigenvalue weighted by molar-refractivity contribution is 8.00. The van der Waals surface area contributed by atoms with Gasteiger partial charge in [-0.1, -0.05) is 90.8 Å². The van der Waals surface area contributed by atoms with Crippen molar-refractivity contribution in [3.8, 4) is 11.5 Å². The van der Waals surface area contributed by atoms with Gasteiger partial charge >= 0.3 is 0 Å². The Kier molecular flexibility index (Phi) is 11.7. The van der Waals surface area contributed by atoms with Crippen molar-refractivity contribution in [1.29, 1.82) is 0 Å². The number of aromatic hydroxyl groups is 1. The molecule has 0 aromatic heterocycles. The summed E-state index contributed by atoms with van der Waals surface area (Å²) in [5, 5.41) is 37.5. The first-order chi connectivity index (χ1) is 25.5. The molecule has 1 saturated carbocycles. The summed E-state index contributed by atoms with van der Waals surface area (Å²) >= 11 is 1.75. The Morgan fingerprint density at radius 3 is 2.44 bits per heavy atom. The molecule has 3 aliphatic rings. The lowest BCUT2D eigenvalue weighted by molar-refractivity contribution is -0.223. The molecule has 0 spiro atoms. The van der Waals surface area contributed by atoms with E-state index in [1.807, 2.05) is 42.5 Å². The Labute approximate surface area is 311 Å². The number of allylic oxidation sites excluding steroid dienone is 1. The highest BCUT2D eigenvalue weighted by Crippen LogP contribution is 2.63. The minimum atomic E-state index is -1.09. The van der Waals surface area contributed by atoms with Crippen LogP contribution in [0.1, 0.15) is 62.0 Å². The first-order valence-electron chi connectivity index (χ1n) is 18.6. The minimum absolute atomic E-state index is 0.0715. The summed E-state index contributed by atoms with van der Waals surface area (Å²) < 4.78 is 14.2. The molecule has 2 aliphatic carbocycles. The number of hydrogen-bond donors (Lipinski definition) is 3. The largest absolute Gasteiger partial charge is 0.508 e. The molecule has 7 nitrogen and oxygen atoms in total. The van der Waals surface area contributed by atoms with E-state index >= 15 is 0 Å². The van der Waals surface area contributed by atoms with Crippen LogP contribution in [0.15, 0.2) is 125 Å². The average molecular weight is 720 g/mol. The first kappa shape index (κ1) is 36.3. The number of benzene rings is 4. The van der Waals surface area contributed by atoms with Crippen LogP contribution in [0.2, 0.25) is 0 Å². The standard InChI is InChI=1S/C44H49NO6S/c1-2-24-49-44-41(52-35-20-18-31-14-6-7-15-32(31)25-35)28-39(45-50-29-30-12-4-3-5-13-30)37-26-33(16-8-10-22-46)36(17-9-11-23-47)42(43(37)44)38-27-34(48)19-21-40(38)51-44/h2-7,12-15,18-21,25-27,33,36,41-43,46-48H,1,8-11,16-17,22-24,28-29H2. The number of nitrogens with zero attached hydrogens (tertiary/aromatic N) is 1. The number of rotatable bonds is 16. The average Bonchev–Trinajstić information content (AvgIpc) is 3.17. The van der Waals surface area contributed by atoms with Crippen molar-refractivity contribution < 1.29 is 29.6 Å². The number of fused-ring (bicyclic) bond motifs is 3. The molecule has 0 amide bonds. The molecule has 6 atom stereocenters. The summed E-state index contributed by atoms with van der Waals surface area (Å²) in [4.78, 5) is 7.28. The van der Waals surface area contributed by atoms with E-state index in [1.54, 1.807) is 23.9 Å². The monoisotopic (exact) mass is 719 g/mol. The summed E-state index contributed by atoms with van der Waals surface area (Å²) in [5.41, 5.74) is 3.96. The third kappa shape index (κ3) is 7.53. The van der Waals surface area contributed by atoms with E-state index in [9.17, 15) is 15.3 Å². The second-order valence-electron chi connectivity index (χ2n) is 14.2. The number of hydrogen-bond acceptors (Lipinski definition) is 8. The summed E-state index contributed by atoms with van der Waals surface area (Å²) in [6.07, 6.45) is 9.73. The van der Waals surface area contributed by atoms with E-state index in [0.29, 0.717) is 19.6 Å². The van der Waals surface area contributed by atoms with Crippen molar-refractivity contribution in [3.63, 3.8) is 0 Å². The van der Waals surface area contributed by atoms with Crippen LogP contribution in [0.5, 0.6) is 11.5 Å². The summed E-state index contributed by atoms with van der Waals surface area (Å²) in [6.45, 7) is 4.97. The lowest BCUT2D eigenvalue weighted by Crippen LogP contribution is -2.64. The number of oxime groups is 1. The van der Waals surface area contributed by atoms with Crippen LogP contribution in [0.3, 0.4) is 0 Å². The van der Waals surface area contributed by atoms with Gasteiger partial charge in [-0.15, -0.1) is 18.3 Å². The summed E-state index contributed by atoms with van der Waals surface area (Å²) in [6, 6.07) is 30.5. The van der Waals surface area contributed by atoms with Gasteiger partial charge in [-0.3, -0.25) is 0 Å². The second kappa shape index (κ2) is 16.7. The maximum Gasteiger partial charge on any atom is 0.231 e. The van der Waals surface area contributed by atoms with Gasteiger partial charge in [-0.2, -0.15) is 0 Å². The number of unbranched alkanes of at least 4 members (excludes halogenated alkanes) is 2. The van der Waals surface area contributed by atoms with Crippen LogP contribution in [0.25, 0.3) is 10.8 Å². The highest BCUT2D eigenvalue weighted by Gasteiger charge is 2.64. The number of phenolic OH excluding ortho intramolecular Hbond substituents is 1. The van der Waals surface area contributed by atoms with Crippen LogP contribution < -0.4 is 4.74 Å². The molecule has 1 heterocycles. The van der Waals surface area contributed by atoms with Crippen molar-refractivity contribution in [2.24, 2.45) is 22.9 Å². The predicted octanol–water partition coefficient (Wildman–Crippen LogP) is 9.17. The topological polar surface area (TPSA) is 101 Å². The molecule has 8 heteroatoms.